The van der Waals surface area contributed by atoms with Gasteiger partial charge in [0.05, 0.1) is 0 Å². The molecule has 4 aromatic carbocycles. The van der Waals surface area contributed by atoms with Crippen LogP contribution in [0, 0.1) is 0 Å². The molecule has 0 aliphatic heterocycles. The summed E-state index contributed by atoms with van der Waals surface area (Å²) < 4.78 is 17.6. The van der Waals surface area contributed by atoms with Gasteiger partial charge in [-0.2, -0.15) is 0 Å². The maximum absolute atomic E-state index is 17.6. The van der Waals surface area contributed by atoms with Crippen LogP contribution in [0.5, 0.6) is 0 Å². The number of hydrogen-bond donors (Lipinski definition) is 0. The second-order valence-electron chi connectivity index (χ2n) is 8.44. The Balaban J connectivity index is 2.06. The molecule has 4 rings (SSSR count). The number of halogens is 1. The summed E-state index contributed by atoms with van der Waals surface area (Å²) >= 11 is 0. The van der Waals surface area contributed by atoms with E-state index >= 15 is 4.11 Å². The van der Waals surface area contributed by atoms with Crippen LogP contribution in [0.25, 0.3) is 10.8 Å². The second-order valence-corrected chi connectivity index (χ2v) is 20.2. The normalized spacial score (nSPS) is 13.8. The van der Waals surface area contributed by atoms with Crippen LogP contribution < -0.4 is 20.5 Å². The van der Waals surface area contributed by atoms with E-state index in [-0.39, 0.29) is 0 Å². The molecule has 0 aliphatic carbocycles. The van der Waals surface area contributed by atoms with E-state index in [1.165, 1.54) is 0 Å². The van der Waals surface area contributed by atoms with Gasteiger partial charge in [0.15, 0.2) is 0 Å². The molecular formula is C26H28FNSi2. The van der Waals surface area contributed by atoms with Gasteiger partial charge in [-0.25, -0.2) is 0 Å². The zero-order valence-corrected chi connectivity index (χ0v) is 20.1. The molecule has 0 fully saturated rings. The van der Waals surface area contributed by atoms with Crippen molar-refractivity contribution < 1.29 is 4.11 Å². The lowest BCUT2D eigenvalue weighted by Gasteiger charge is -2.39. The Morgan fingerprint density at radius 1 is 0.633 bits per heavy atom. The van der Waals surface area contributed by atoms with Gasteiger partial charge in [0, 0.05) is 25.2 Å². The van der Waals surface area contributed by atoms with Crippen molar-refractivity contribution >= 4 is 47.5 Å². The SMILES string of the molecule is CN(C)c1cccc2cccc([Si@@](C)(F)[Si](C)(c3ccccc3)c3ccccc3)c12. The second kappa shape index (κ2) is 7.86. The molecule has 0 unspecified atom stereocenters. The third-order valence-corrected chi connectivity index (χ3v) is 21.0. The highest BCUT2D eigenvalue weighted by atomic mass is 29.3. The van der Waals surface area contributed by atoms with Crippen LogP contribution in [-0.2, 0) is 0 Å². The van der Waals surface area contributed by atoms with Gasteiger partial charge in [-0.1, -0.05) is 108 Å². The number of nitrogens with zero attached hydrogens (tertiary/aromatic N) is 1. The fourth-order valence-corrected chi connectivity index (χ4v) is 15.9. The van der Waals surface area contributed by atoms with Gasteiger partial charge in [-0.3, -0.25) is 0 Å². The van der Waals surface area contributed by atoms with Crippen molar-refractivity contribution in [2.45, 2.75) is 13.1 Å². The van der Waals surface area contributed by atoms with E-state index in [4.69, 9.17) is 0 Å². The topological polar surface area (TPSA) is 3.24 Å². The van der Waals surface area contributed by atoms with E-state index in [2.05, 4.69) is 60.0 Å². The van der Waals surface area contributed by atoms with Crippen LogP contribution >= 0.6 is 0 Å². The first kappa shape index (κ1) is 20.6. The first-order valence-corrected chi connectivity index (χ1v) is 16.2. The highest BCUT2D eigenvalue weighted by molar-refractivity contribution is 7.53. The van der Waals surface area contributed by atoms with Gasteiger partial charge in [0.2, 0.25) is 0 Å². The van der Waals surface area contributed by atoms with Gasteiger partial charge >= 0.3 is 0 Å². The summed E-state index contributed by atoms with van der Waals surface area (Å²) in [6.07, 6.45) is 0. The van der Waals surface area contributed by atoms with Crippen molar-refractivity contribution in [1.82, 2.24) is 0 Å². The lowest BCUT2D eigenvalue weighted by Crippen LogP contribution is -2.76. The molecule has 0 bridgehead atoms. The minimum Gasteiger partial charge on any atom is -0.377 e. The maximum atomic E-state index is 17.6. The lowest BCUT2D eigenvalue weighted by molar-refractivity contribution is 0.840. The predicted octanol–water partition coefficient (Wildman–Crippen LogP) is 4.63. The van der Waals surface area contributed by atoms with Crippen LogP contribution in [0.4, 0.5) is 9.80 Å². The average molecular weight is 430 g/mol. The molecule has 4 aromatic rings. The summed E-state index contributed by atoms with van der Waals surface area (Å²) in [5, 5.41) is 5.39. The van der Waals surface area contributed by atoms with E-state index in [1.807, 2.05) is 69.2 Å². The highest BCUT2D eigenvalue weighted by Gasteiger charge is 2.55. The monoisotopic (exact) mass is 429 g/mol. The number of rotatable bonds is 5. The fourth-order valence-electron chi connectivity index (χ4n) is 4.61. The predicted molar refractivity (Wildman–Crippen MR) is 134 cm³/mol. The summed E-state index contributed by atoms with van der Waals surface area (Å²) in [4.78, 5) is 2.10. The molecule has 0 spiro atoms. The van der Waals surface area contributed by atoms with E-state index in [0.717, 1.165) is 32.0 Å². The first-order valence-electron chi connectivity index (χ1n) is 10.4. The lowest BCUT2D eigenvalue weighted by atomic mass is 10.1. The van der Waals surface area contributed by atoms with Gasteiger partial charge in [-0.15, -0.1) is 0 Å². The Hall–Kier alpha value is -2.70. The van der Waals surface area contributed by atoms with Crippen molar-refractivity contribution in [2.24, 2.45) is 0 Å². The summed E-state index contributed by atoms with van der Waals surface area (Å²) in [5.41, 5.74) is 1.08. The molecule has 152 valence electrons. The minimum absolute atomic E-state index is 0.908. The van der Waals surface area contributed by atoms with E-state index in [9.17, 15) is 0 Å². The van der Waals surface area contributed by atoms with Crippen LogP contribution in [0.3, 0.4) is 0 Å². The standard InChI is InChI=1S/C26H28FNSi2/c1-28(2)24-19-11-13-21-14-12-20-25(26(21)24)30(4,27)29(3,22-15-7-5-8-16-22)23-17-9-6-10-18-23/h5-20H,1-4H3/t30-/m0/s1. The highest BCUT2D eigenvalue weighted by Crippen LogP contribution is 2.30. The molecule has 0 saturated carbocycles. The van der Waals surface area contributed by atoms with Crippen molar-refractivity contribution in [1.29, 1.82) is 0 Å². The van der Waals surface area contributed by atoms with Gasteiger partial charge in [-0.05, 0) is 23.2 Å². The maximum Gasteiger partial charge on any atom is 0.270 e. The van der Waals surface area contributed by atoms with E-state index < -0.39 is 15.5 Å². The van der Waals surface area contributed by atoms with Crippen molar-refractivity contribution in [3.05, 3.63) is 97.1 Å². The van der Waals surface area contributed by atoms with Gasteiger partial charge in [0.25, 0.3) is 7.93 Å². The fraction of sp³-hybridized carbons (Fsp3) is 0.154. The Labute approximate surface area is 180 Å². The number of hydrogen-bond acceptors (Lipinski definition) is 1. The molecule has 0 N–H and O–H groups in total. The molecule has 0 heterocycles. The number of benzene rings is 4. The number of anilines is 1. The molecule has 0 amide bonds. The van der Waals surface area contributed by atoms with Crippen molar-refractivity contribution in [3.8, 4) is 0 Å². The Morgan fingerprint density at radius 3 is 1.63 bits per heavy atom. The quantitative estimate of drug-likeness (QED) is 0.330. The molecular weight excluding hydrogens is 401 g/mol. The van der Waals surface area contributed by atoms with Crippen molar-refractivity contribution in [2.75, 3.05) is 19.0 Å². The smallest absolute Gasteiger partial charge is 0.270 e. The molecule has 0 radical (unpaired) electrons. The number of fused-ring (bicyclic) bond motifs is 1. The third-order valence-electron chi connectivity index (χ3n) is 6.51. The summed E-state index contributed by atoms with van der Waals surface area (Å²) in [5.74, 6) is 0. The van der Waals surface area contributed by atoms with Crippen LogP contribution in [0.2, 0.25) is 13.1 Å². The molecule has 0 saturated heterocycles. The molecule has 1 nitrogen and oxygen atoms in total. The van der Waals surface area contributed by atoms with Gasteiger partial charge in [0.1, 0.15) is 7.59 Å². The zero-order chi connectivity index (χ0) is 21.4. The van der Waals surface area contributed by atoms with Crippen LogP contribution in [0.1, 0.15) is 0 Å². The molecule has 4 heteroatoms. The molecule has 30 heavy (non-hydrogen) atoms. The Kier molecular flexibility index (Phi) is 5.39. The summed E-state index contributed by atoms with van der Waals surface area (Å²) in [7, 11) is -2.06. The molecule has 0 aliphatic rings. The first-order chi connectivity index (χ1) is 14.4. The van der Waals surface area contributed by atoms with Crippen LogP contribution in [-0.4, -0.2) is 29.6 Å². The average Bonchev–Trinajstić information content (AvgIpc) is 2.78. The van der Waals surface area contributed by atoms with Gasteiger partial charge < -0.3 is 9.01 Å². The Morgan fingerprint density at radius 2 is 1.13 bits per heavy atom. The zero-order valence-electron chi connectivity index (χ0n) is 18.1. The molecule has 0 aromatic heterocycles. The summed E-state index contributed by atoms with van der Waals surface area (Å²) in [6, 6.07) is 33.1. The van der Waals surface area contributed by atoms with E-state index in [0.29, 0.717) is 0 Å². The van der Waals surface area contributed by atoms with E-state index in [1.54, 1.807) is 0 Å². The minimum atomic E-state index is -3.44. The summed E-state index contributed by atoms with van der Waals surface area (Å²) in [6.45, 7) is 4.15. The largest absolute Gasteiger partial charge is 0.377 e. The third kappa shape index (κ3) is 3.20. The molecule has 1 atom stereocenters. The van der Waals surface area contributed by atoms with Crippen LogP contribution in [0.15, 0.2) is 97.1 Å². The Bertz CT molecular complexity index is 1110. The van der Waals surface area contributed by atoms with Crippen molar-refractivity contribution in [3.63, 3.8) is 0 Å².